The predicted molar refractivity (Wildman–Crippen MR) is 93.8 cm³/mol. The molecule has 2 aromatic carbocycles. The van der Waals surface area contributed by atoms with Gasteiger partial charge in [-0.2, -0.15) is 17.6 Å². The highest BCUT2D eigenvalue weighted by Gasteiger charge is 2.17. The third-order valence-electron chi connectivity index (χ3n) is 3.82. The van der Waals surface area contributed by atoms with Crippen LogP contribution in [0.2, 0.25) is 0 Å². The summed E-state index contributed by atoms with van der Waals surface area (Å²) in [4.78, 5) is 0.218. The molecule has 1 aromatic heterocycles. The van der Waals surface area contributed by atoms with Crippen molar-refractivity contribution in [2.45, 2.75) is 31.1 Å². The standard InChI is InChI=1S/C18H20N2O3S/c1-2-3-4-12-23-17-8-6-16-14-18(9-7-15(16)13-17)24(21,22)20-11-5-10-19-20/h5-11,13-14H,2-4,12H2,1H3. The van der Waals surface area contributed by atoms with Crippen LogP contribution in [-0.4, -0.2) is 24.2 Å². The van der Waals surface area contributed by atoms with Crippen LogP contribution in [0.3, 0.4) is 0 Å². The van der Waals surface area contributed by atoms with Crippen molar-refractivity contribution in [3.8, 4) is 5.75 Å². The van der Waals surface area contributed by atoms with Gasteiger partial charge in [0.15, 0.2) is 0 Å². The first-order valence-electron chi connectivity index (χ1n) is 8.03. The first-order chi connectivity index (χ1) is 11.6. The van der Waals surface area contributed by atoms with E-state index in [2.05, 4.69) is 12.0 Å². The van der Waals surface area contributed by atoms with Crippen LogP contribution in [0.15, 0.2) is 59.8 Å². The molecule has 0 atom stereocenters. The number of fused-ring (bicyclic) bond motifs is 1. The zero-order chi connectivity index (χ0) is 17.0. The minimum atomic E-state index is -3.64. The monoisotopic (exact) mass is 344 g/mol. The van der Waals surface area contributed by atoms with Gasteiger partial charge in [0.05, 0.1) is 17.7 Å². The average Bonchev–Trinajstić information content (AvgIpc) is 3.13. The molecular weight excluding hydrogens is 324 g/mol. The quantitative estimate of drug-likeness (QED) is 0.611. The lowest BCUT2D eigenvalue weighted by Gasteiger charge is -2.09. The maximum Gasteiger partial charge on any atom is 0.282 e. The van der Waals surface area contributed by atoms with Crippen LogP contribution in [0.4, 0.5) is 0 Å². The molecule has 0 bridgehead atoms. The summed E-state index contributed by atoms with van der Waals surface area (Å²) in [5.41, 5.74) is 0. The van der Waals surface area contributed by atoms with Gasteiger partial charge < -0.3 is 4.74 Å². The molecule has 0 aliphatic heterocycles. The number of hydrogen-bond acceptors (Lipinski definition) is 4. The van der Waals surface area contributed by atoms with Gasteiger partial charge in [-0.25, -0.2) is 0 Å². The summed E-state index contributed by atoms with van der Waals surface area (Å²) in [6, 6.07) is 12.3. The number of benzene rings is 2. The molecule has 126 valence electrons. The van der Waals surface area contributed by atoms with Gasteiger partial charge in [-0.1, -0.05) is 31.9 Å². The van der Waals surface area contributed by atoms with Crippen LogP contribution in [0, 0.1) is 0 Å². The number of ether oxygens (including phenoxy) is 1. The molecule has 3 rings (SSSR count). The Hall–Kier alpha value is -2.34. The lowest BCUT2D eigenvalue weighted by molar-refractivity contribution is 0.306. The van der Waals surface area contributed by atoms with E-state index >= 15 is 0 Å². The molecule has 0 fully saturated rings. The van der Waals surface area contributed by atoms with Crippen molar-refractivity contribution < 1.29 is 13.2 Å². The van der Waals surface area contributed by atoms with Crippen LogP contribution in [0.25, 0.3) is 10.8 Å². The highest BCUT2D eigenvalue weighted by Crippen LogP contribution is 2.24. The molecule has 0 N–H and O–H groups in total. The van der Waals surface area contributed by atoms with Crippen LogP contribution in [0.5, 0.6) is 5.75 Å². The normalized spacial score (nSPS) is 11.7. The van der Waals surface area contributed by atoms with Crippen molar-refractivity contribution in [3.05, 3.63) is 54.9 Å². The van der Waals surface area contributed by atoms with Gasteiger partial charge >= 0.3 is 0 Å². The van der Waals surface area contributed by atoms with E-state index in [4.69, 9.17) is 4.74 Å². The van der Waals surface area contributed by atoms with Crippen LogP contribution in [-0.2, 0) is 10.0 Å². The van der Waals surface area contributed by atoms with E-state index in [-0.39, 0.29) is 4.90 Å². The zero-order valence-electron chi connectivity index (χ0n) is 13.6. The Kier molecular flexibility index (Phi) is 4.85. The van der Waals surface area contributed by atoms with E-state index in [9.17, 15) is 8.42 Å². The molecular formula is C18H20N2O3S. The SMILES string of the molecule is CCCCCOc1ccc2cc(S(=O)(=O)n3cccn3)ccc2c1. The molecule has 0 amide bonds. The Labute approximate surface area is 141 Å². The molecule has 0 saturated carbocycles. The van der Waals surface area contributed by atoms with Crippen molar-refractivity contribution >= 4 is 20.8 Å². The molecule has 24 heavy (non-hydrogen) atoms. The third-order valence-corrected chi connectivity index (χ3v) is 5.38. The lowest BCUT2D eigenvalue weighted by Crippen LogP contribution is -2.13. The highest BCUT2D eigenvalue weighted by atomic mass is 32.2. The molecule has 0 unspecified atom stereocenters. The Morgan fingerprint density at radius 3 is 2.62 bits per heavy atom. The van der Waals surface area contributed by atoms with Crippen LogP contribution in [0.1, 0.15) is 26.2 Å². The summed E-state index contributed by atoms with van der Waals surface area (Å²) in [5.74, 6) is 0.807. The number of unbranched alkanes of at least 4 members (excludes halogenated alkanes) is 2. The predicted octanol–water partition coefficient (Wildman–Crippen LogP) is 3.84. The molecule has 6 heteroatoms. The summed E-state index contributed by atoms with van der Waals surface area (Å²) in [5, 5.41) is 5.61. The molecule has 0 aliphatic carbocycles. The second-order valence-corrected chi connectivity index (χ2v) is 7.41. The molecule has 0 radical (unpaired) electrons. The van der Waals surface area contributed by atoms with Gasteiger partial charge in [0, 0.05) is 6.20 Å². The minimum Gasteiger partial charge on any atom is -0.494 e. The van der Waals surface area contributed by atoms with Crippen LogP contribution >= 0.6 is 0 Å². The minimum absolute atomic E-state index is 0.218. The maximum atomic E-state index is 12.5. The van der Waals surface area contributed by atoms with Gasteiger partial charge in [0.2, 0.25) is 0 Å². The number of nitrogens with zero attached hydrogens (tertiary/aromatic N) is 2. The van der Waals surface area contributed by atoms with E-state index in [0.717, 1.165) is 39.9 Å². The van der Waals surface area contributed by atoms with E-state index in [1.54, 1.807) is 24.3 Å². The summed E-state index contributed by atoms with van der Waals surface area (Å²) >= 11 is 0. The second-order valence-electron chi connectivity index (χ2n) is 5.61. The molecule has 0 saturated heterocycles. The van der Waals surface area contributed by atoms with Crippen LogP contribution < -0.4 is 4.74 Å². The maximum absolute atomic E-state index is 12.5. The van der Waals surface area contributed by atoms with Gasteiger partial charge in [-0.15, -0.1) is 0 Å². The van der Waals surface area contributed by atoms with Gasteiger partial charge in [-0.3, -0.25) is 0 Å². The number of hydrogen-bond donors (Lipinski definition) is 0. The van der Waals surface area contributed by atoms with Gasteiger partial charge in [0.25, 0.3) is 10.0 Å². The summed E-state index contributed by atoms with van der Waals surface area (Å²) in [7, 11) is -3.64. The summed E-state index contributed by atoms with van der Waals surface area (Å²) < 4.78 is 31.7. The molecule has 0 aliphatic rings. The van der Waals surface area contributed by atoms with E-state index in [1.807, 2.05) is 18.2 Å². The molecule has 1 heterocycles. The van der Waals surface area contributed by atoms with E-state index in [0.29, 0.717) is 6.61 Å². The fourth-order valence-electron chi connectivity index (χ4n) is 2.50. The first-order valence-corrected chi connectivity index (χ1v) is 9.47. The summed E-state index contributed by atoms with van der Waals surface area (Å²) in [6.45, 7) is 2.86. The number of rotatable bonds is 7. The smallest absolute Gasteiger partial charge is 0.282 e. The highest BCUT2D eigenvalue weighted by molar-refractivity contribution is 7.89. The first kappa shape index (κ1) is 16.5. The van der Waals surface area contributed by atoms with Crippen molar-refractivity contribution in [2.75, 3.05) is 6.61 Å². The Bertz CT molecular complexity index is 919. The van der Waals surface area contributed by atoms with E-state index in [1.165, 1.54) is 12.4 Å². The molecule has 0 spiro atoms. The van der Waals surface area contributed by atoms with Gasteiger partial charge in [-0.05, 0) is 47.5 Å². The topological polar surface area (TPSA) is 61.2 Å². The summed E-state index contributed by atoms with van der Waals surface area (Å²) in [6.07, 6.45) is 6.22. The zero-order valence-corrected chi connectivity index (χ0v) is 14.4. The van der Waals surface area contributed by atoms with Crippen molar-refractivity contribution in [1.29, 1.82) is 0 Å². The largest absolute Gasteiger partial charge is 0.494 e. The number of aromatic nitrogens is 2. The Morgan fingerprint density at radius 2 is 1.88 bits per heavy atom. The molecule has 3 aromatic rings. The van der Waals surface area contributed by atoms with Gasteiger partial charge in [0.1, 0.15) is 5.75 Å². The lowest BCUT2D eigenvalue weighted by atomic mass is 10.1. The third kappa shape index (κ3) is 3.43. The second kappa shape index (κ2) is 7.05. The van der Waals surface area contributed by atoms with Crippen molar-refractivity contribution in [3.63, 3.8) is 0 Å². The van der Waals surface area contributed by atoms with E-state index < -0.39 is 10.0 Å². The fourth-order valence-corrected chi connectivity index (χ4v) is 3.64. The molecule has 5 nitrogen and oxygen atoms in total. The Balaban J connectivity index is 1.85. The van der Waals surface area contributed by atoms with Crippen molar-refractivity contribution in [2.24, 2.45) is 0 Å². The average molecular weight is 344 g/mol. The van der Waals surface area contributed by atoms with Crippen molar-refractivity contribution in [1.82, 2.24) is 9.19 Å². The Morgan fingerprint density at radius 1 is 1.08 bits per heavy atom. The fraction of sp³-hybridized carbons (Fsp3) is 0.278.